The number of halogens is 2. The number of rotatable bonds is 0. The van der Waals surface area contributed by atoms with Crippen LogP contribution in [0.2, 0.25) is 0 Å². The van der Waals surface area contributed by atoms with Crippen molar-refractivity contribution in [1.29, 1.82) is 0 Å². The first-order valence-corrected chi connectivity index (χ1v) is 5.07. The lowest BCUT2D eigenvalue weighted by Crippen LogP contribution is -2.24. The Morgan fingerprint density at radius 3 is 2.18 bits per heavy atom. The molecule has 3 nitrogen and oxygen atoms in total. The summed E-state index contributed by atoms with van der Waals surface area (Å²) in [5, 5.41) is 4.20. The highest BCUT2D eigenvalue weighted by molar-refractivity contribution is 14.1. The highest BCUT2D eigenvalue weighted by atomic mass is 127. The Labute approximate surface area is 87.8 Å². The fourth-order valence-electron chi connectivity index (χ4n) is 0.696. The minimum Gasteiger partial charge on any atom is -0.235 e. The van der Waals surface area contributed by atoms with Gasteiger partial charge in [-0.25, -0.2) is 4.68 Å². The van der Waals surface area contributed by atoms with Gasteiger partial charge in [0.15, 0.2) is 3.83 Å². The van der Waals surface area contributed by atoms with Gasteiger partial charge in [0, 0.05) is 22.6 Å². The van der Waals surface area contributed by atoms with Crippen molar-refractivity contribution in [3.8, 4) is 0 Å². The summed E-state index contributed by atoms with van der Waals surface area (Å²) in [7, 11) is 0. The van der Waals surface area contributed by atoms with E-state index in [2.05, 4.69) is 69.4 Å². The summed E-state index contributed by atoms with van der Waals surface area (Å²) in [5.41, 5.74) is 0.00947. The summed E-state index contributed by atoms with van der Waals surface area (Å²) in [5.74, 6) is 0. The summed E-state index contributed by atoms with van der Waals surface area (Å²) < 4.78 is 3.44. The van der Waals surface area contributed by atoms with Crippen LogP contribution in [0.25, 0.3) is 0 Å². The molecule has 0 amide bonds. The van der Waals surface area contributed by atoms with Crippen LogP contribution in [0.4, 0.5) is 0 Å². The largest absolute Gasteiger partial charge is 0.235 e. The molecule has 0 N–H and O–H groups in total. The molecular weight excluding hydrogens is 321 g/mol. The molecule has 0 aliphatic rings. The molecule has 0 spiro atoms. The fraction of sp³-hybridized carbons (Fsp3) is 0.667. The lowest BCUT2D eigenvalue weighted by Gasteiger charge is -2.18. The molecule has 5 heteroatoms. The molecule has 1 aromatic rings. The molecule has 11 heavy (non-hydrogen) atoms. The van der Waals surface area contributed by atoms with Gasteiger partial charge in [-0.3, -0.25) is 0 Å². The van der Waals surface area contributed by atoms with Crippen LogP contribution < -0.4 is 0 Å². The zero-order valence-corrected chi connectivity index (χ0v) is 10.3. The Balaban J connectivity index is 3.13. The molecule has 0 aliphatic heterocycles. The molecule has 0 bridgehead atoms. The van der Waals surface area contributed by atoms with E-state index in [-0.39, 0.29) is 5.54 Å². The SMILES string of the molecule is CC(C)(C)n1nc(Br)nc1I. The molecule has 0 radical (unpaired) electrons. The second kappa shape index (κ2) is 3.01. The summed E-state index contributed by atoms with van der Waals surface area (Å²) in [6, 6.07) is 0. The number of nitrogens with zero attached hydrogens (tertiary/aromatic N) is 3. The monoisotopic (exact) mass is 329 g/mol. The van der Waals surface area contributed by atoms with Gasteiger partial charge in [-0.1, -0.05) is 0 Å². The van der Waals surface area contributed by atoms with E-state index in [1.165, 1.54) is 0 Å². The third-order valence-electron chi connectivity index (χ3n) is 1.18. The second-order valence-corrected chi connectivity index (χ2v) is 4.91. The van der Waals surface area contributed by atoms with E-state index in [1.54, 1.807) is 0 Å². The summed E-state index contributed by atoms with van der Waals surface area (Å²) in [6.07, 6.45) is 0. The van der Waals surface area contributed by atoms with Crippen molar-refractivity contribution in [1.82, 2.24) is 14.8 Å². The molecule has 0 atom stereocenters. The van der Waals surface area contributed by atoms with Gasteiger partial charge in [-0.2, -0.15) is 4.98 Å². The van der Waals surface area contributed by atoms with Gasteiger partial charge in [-0.05, 0) is 36.7 Å². The molecule has 62 valence electrons. The van der Waals surface area contributed by atoms with Gasteiger partial charge >= 0.3 is 0 Å². The topological polar surface area (TPSA) is 30.7 Å². The van der Waals surface area contributed by atoms with Crippen LogP contribution >= 0.6 is 38.5 Å². The van der Waals surface area contributed by atoms with E-state index >= 15 is 0 Å². The Kier molecular flexibility index (Phi) is 2.58. The van der Waals surface area contributed by atoms with E-state index in [4.69, 9.17) is 0 Å². The maximum absolute atomic E-state index is 4.20. The number of hydrogen-bond acceptors (Lipinski definition) is 2. The van der Waals surface area contributed by atoms with Crippen molar-refractivity contribution in [3.63, 3.8) is 0 Å². The molecule has 0 unspecified atom stereocenters. The van der Waals surface area contributed by atoms with E-state index < -0.39 is 0 Å². The Morgan fingerprint density at radius 1 is 1.45 bits per heavy atom. The van der Waals surface area contributed by atoms with Gasteiger partial charge in [0.25, 0.3) is 0 Å². The smallest absolute Gasteiger partial charge is 0.218 e. The molecule has 1 rings (SSSR count). The van der Waals surface area contributed by atoms with Crippen LogP contribution in [0, 0.1) is 3.83 Å². The predicted octanol–water partition coefficient (Wildman–Crippen LogP) is 2.40. The third-order valence-corrected chi connectivity index (χ3v) is 2.21. The highest BCUT2D eigenvalue weighted by Crippen LogP contribution is 2.17. The predicted molar refractivity (Wildman–Crippen MR) is 55.4 cm³/mol. The summed E-state index contributed by atoms with van der Waals surface area (Å²) >= 11 is 5.39. The number of hydrogen-bond donors (Lipinski definition) is 0. The maximum atomic E-state index is 4.20. The number of aromatic nitrogens is 3. The second-order valence-electron chi connectivity index (χ2n) is 3.23. The first-order valence-electron chi connectivity index (χ1n) is 3.20. The van der Waals surface area contributed by atoms with Gasteiger partial charge in [-0.15, -0.1) is 5.10 Å². The van der Waals surface area contributed by atoms with Crippen LogP contribution in [-0.2, 0) is 5.54 Å². The van der Waals surface area contributed by atoms with E-state index in [1.807, 2.05) is 4.68 Å². The van der Waals surface area contributed by atoms with Crippen molar-refractivity contribution >= 4 is 38.5 Å². The van der Waals surface area contributed by atoms with Gasteiger partial charge in [0.1, 0.15) is 0 Å². The first kappa shape index (κ1) is 9.44. The van der Waals surface area contributed by atoms with Crippen LogP contribution in [0.5, 0.6) is 0 Å². The van der Waals surface area contributed by atoms with E-state index in [0.717, 1.165) is 3.83 Å². The van der Waals surface area contributed by atoms with Gasteiger partial charge in [0.2, 0.25) is 4.73 Å². The lowest BCUT2D eigenvalue weighted by atomic mass is 10.1. The molecule has 1 aromatic heterocycles. The Morgan fingerprint density at radius 2 is 2.00 bits per heavy atom. The standard InChI is InChI=1S/C6H9BrIN3/c1-6(2,3)11-5(8)9-4(7)10-11/h1-3H3. The van der Waals surface area contributed by atoms with Crippen molar-refractivity contribution in [2.45, 2.75) is 26.3 Å². The lowest BCUT2D eigenvalue weighted by molar-refractivity contribution is 0.345. The highest BCUT2D eigenvalue weighted by Gasteiger charge is 2.18. The van der Waals surface area contributed by atoms with Gasteiger partial charge in [0.05, 0.1) is 5.54 Å². The van der Waals surface area contributed by atoms with Crippen LogP contribution in [0.15, 0.2) is 4.73 Å². The normalized spacial score (nSPS) is 12.1. The van der Waals surface area contributed by atoms with Crippen molar-refractivity contribution in [2.75, 3.05) is 0 Å². The van der Waals surface area contributed by atoms with E-state index in [9.17, 15) is 0 Å². The van der Waals surface area contributed by atoms with Crippen molar-refractivity contribution in [3.05, 3.63) is 8.56 Å². The molecule has 0 saturated carbocycles. The third kappa shape index (κ3) is 2.14. The minimum atomic E-state index is 0.00947. The quantitative estimate of drug-likeness (QED) is 0.684. The van der Waals surface area contributed by atoms with Crippen molar-refractivity contribution < 1.29 is 0 Å². The molecule has 0 aromatic carbocycles. The molecule has 0 aliphatic carbocycles. The van der Waals surface area contributed by atoms with Crippen LogP contribution in [0.3, 0.4) is 0 Å². The van der Waals surface area contributed by atoms with Crippen molar-refractivity contribution in [2.24, 2.45) is 0 Å². The average molecular weight is 330 g/mol. The molecule has 1 heterocycles. The zero-order valence-electron chi connectivity index (χ0n) is 6.60. The van der Waals surface area contributed by atoms with Crippen LogP contribution in [-0.4, -0.2) is 14.8 Å². The maximum Gasteiger partial charge on any atom is 0.218 e. The molecule has 0 saturated heterocycles. The van der Waals surface area contributed by atoms with Gasteiger partial charge < -0.3 is 0 Å². The summed E-state index contributed by atoms with van der Waals surface area (Å²) in [6.45, 7) is 6.28. The average Bonchev–Trinajstić information content (AvgIpc) is 2.08. The fourth-order valence-corrected chi connectivity index (χ4v) is 2.41. The summed E-state index contributed by atoms with van der Waals surface area (Å²) in [4.78, 5) is 4.13. The van der Waals surface area contributed by atoms with Crippen LogP contribution in [0.1, 0.15) is 20.8 Å². The molecular formula is C6H9BrIN3. The Hall–Kier alpha value is 0.350. The first-order chi connectivity index (χ1) is 4.91. The molecule has 0 fully saturated rings. The zero-order chi connectivity index (χ0) is 8.65. The van der Waals surface area contributed by atoms with E-state index in [0.29, 0.717) is 4.73 Å². The minimum absolute atomic E-state index is 0.00947. The Bertz CT molecular complexity index is 263.